The van der Waals surface area contributed by atoms with Crippen LogP contribution in [0.4, 0.5) is 11.8 Å². The molecule has 0 aromatic carbocycles. The predicted octanol–water partition coefficient (Wildman–Crippen LogP) is 2.01. The van der Waals surface area contributed by atoms with Gasteiger partial charge in [-0.2, -0.15) is 0 Å². The maximum Gasteiger partial charge on any atom is 0.219 e. The van der Waals surface area contributed by atoms with E-state index in [-0.39, 0.29) is 17.9 Å². The second-order valence-corrected chi connectivity index (χ2v) is 10.0. The van der Waals surface area contributed by atoms with Crippen LogP contribution < -0.4 is 10.6 Å². The standard InChI is InChI=1S/C23H30N8O2S/c1-15-14-33-9-8-31(15)22-20-19(27-21(28-22)17-11-25-23(24)26-12-17)10-18(34-20)13-29-4-3-5-30(7-6-29)16(2)32/h10-12,15H,3-9,13-14H2,1-2H3,(H2,24,25,26). The Kier molecular flexibility index (Phi) is 6.57. The molecule has 2 fully saturated rings. The van der Waals surface area contributed by atoms with Crippen molar-refractivity contribution in [3.63, 3.8) is 0 Å². The van der Waals surface area contributed by atoms with Crippen LogP contribution in [0.2, 0.25) is 0 Å². The average molecular weight is 483 g/mol. The lowest BCUT2D eigenvalue weighted by atomic mass is 10.2. The molecule has 1 atom stereocenters. The molecule has 2 saturated heterocycles. The number of hydrogen-bond acceptors (Lipinski definition) is 10. The molecule has 0 radical (unpaired) electrons. The van der Waals surface area contributed by atoms with Gasteiger partial charge < -0.3 is 20.3 Å². The number of aromatic nitrogens is 4. The van der Waals surface area contributed by atoms with Crippen molar-refractivity contribution in [1.29, 1.82) is 0 Å². The molecule has 0 spiro atoms. The van der Waals surface area contributed by atoms with E-state index in [0.717, 1.165) is 67.3 Å². The van der Waals surface area contributed by atoms with Crippen LogP contribution in [0, 0.1) is 0 Å². The molecular weight excluding hydrogens is 452 g/mol. The van der Waals surface area contributed by atoms with E-state index >= 15 is 0 Å². The van der Waals surface area contributed by atoms with Crippen molar-refractivity contribution in [2.75, 3.05) is 56.6 Å². The monoisotopic (exact) mass is 482 g/mol. The summed E-state index contributed by atoms with van der Waals surface area (Å²) in [5, 5.41) is 0. The van der Waals surface area contributed by atoms with E-state index in [1.54, 1.807) is 30.7 Å². The highest BCUT2D eigenvalue weighted by Crippen LogP contribution is 2.36. The van der Waals surface area contributed by atoms with E-state index in [1.807, 2.05) is 4.90 Å². The second kappa shape index (κ2) is 9.77. The highest BCUT2D eigenvalue weighted by molar-refractivity contribution is 7.19. The number of rotatable bonds is 4. The maximum atomic E-state index is 11.8. The van der Waals surface area contributed by atoms with Crippen molar-refractivity contribution in [2.45, 2.75) is 32.9 Å². The lowest BCUT2D eigenvalue weighted by Crippen LogP contribution is -2.44. The number of nitrogens with two attached hydrogens (primary N) is 1. The summed E-state index contributed by atoms with van der Waals surface area (Å²) < 4.78 is 6.75. The van der Waals surface area contributed by atoms with Gasteiger partial charge in [-0.05, 0) is 19.4 Å². The Hall–Kier alpha value is -2.89. The minimum Gasteiger partial charge on any atom is -0.377 e. The zero-order valence-corrected chi connectivity index (χ0v) is 20.4. The van der Waals surface area contributed by atoms with E-state index in [0.29, 0.717) is 19.0 Å². The molecule has 2 aliphatic rings. The number of thiophene rings is 1. The molecule has 2 aliphatic heterocycles. The van der Waals surface area contributed by atoms with Crippen LogP contribution in [0.5, 0.6) is 0 Å². The fourth-order valence-corrected chi connectivity index (χ4v) is 5.67. The number of ether oxygens (including phenoxy) is 1. The molecule has 34 heavy (non-hydrogen) atoms. The van der Waals surface area contributed by atoms with Crippen LogP contribution in [0.15, 0.2) is 18.5 Å². The van der Waals surface area contributed by atoms with Gasteiger partial charge in [0, 0.05) is 63.5 Å². The van der Waals surface area contributed by atoms with E-state index in [4.69, 9.17) is 20.4 Å². The topological polar surface area (TPSA) is 114 Å². The number of carbonyl (C=O) groups is 1. The van der Waals surface area contributed by atoms with Gasteiger partial charge in [-0.1, -0.05) is 0 Å². The van der Waals surface area contributed by atoms with Crippen molar-refractivity contribution in [2.24, 2.45) is 0 Å². The van der Waals surface area contributed by atoms with Crippen LogP contribution in [-0.4, -0.2) is 87.6 Å². The average Bonchev–Trinajstić information content (AvgIpc) is 3.08. The van der Waals surface area contributed by atoms with Crippen molar-refractivity contribution < 1.29 is 9.53 Å². The van der Waals surface area contributed by atoms with Crippen LogP contribution in [0.1, 0.15) is 25.1 Å². The van der Waals surface area contributed by atoms with Crippen molar-refractivity contribution in [3.8, 4) is 11.4 Å². The second-order valence-electron chi connectivity index (χ2n) is 8.88. The number of fused-ring (bicyclic) bond motifs is 1. The maximum absolute atomic E-state index is 11.8. The van der Waals surface area contributed by atoms with Crippen molar-refractivity contribution in [3.05, 3.63) is 23.3 Å². The van der Waals surface area contributed by atoms with E-state index in [9.17, 15) is 4.79 Å². The minimum atomic E-state index is 0.155. The SMILES string of the molecule is CC(=O)N1CCCN(Cc2cc3nc(-c4cnc(N)nc4)nc(N4CCOCC4C)c3s2)CC1. The Bertz CT molecular complexity index is 1170. The summed E-state index contributed by atoms with van der Waals surface area (Å²) in [7, 11) is 0. The molecule has 10 nitrogen and oxygen atoms in total. The van der Waals surface area contributed by atoms with E-state index in [2.05, 4.69) is 32.8 Å². The lowest BCUT2D eigenvalue weighted by molar-refractivity contribution is -0.128. The Morgan fingerprint density at radius 3 is 2.76 bits per heavy atom. The number of nitrogen functional groups attached to an aromatic ring is 1. The first-order valence-corrected chi connectivity index (χ1v) is 12.5. The normalized spacial score (nSPS) is 20.0. The summed E-state index contributed by atoms with van der Waals surface area (Å²) in [5.41, 5.74) is 7.34. The quantitative estimate of drug-likeness (QED) is 0.596. The first kappa shape index (κ1) is 22.9. The molecule has 5 heterocycles. The Balaban J connectivity index is 1.48. The van der Waals surface area contributed by atoms with Gasteiger partial charge in [0.1, 0.15) is 0 Å². The number of carbonyl (C=O) groups excluding carboxylic acids is 1. The minimum absolute atomic E-state index is 0.155. The third-order valence-corrected chi connectivity index (χ3v) is 7.49. The fraction of sp³-hybridized carbons (Fsp3) is 0.522. The van der Waals surface area contributed by atoms with Crippen LogP contribution >= 0.6 is 11.3 Å². The number of anilines is 2. The van der Waals surface area contributed by atoms with Gasteiger partial charge in [0.25, 0.3) is 0 Å². The van der Waals surface area contributed by atoms with E-state index in [1.165, 1.54) is 4.88 Å². The van der Waals surface area contributed by atoms with Gasteiger partial charge in [-0.3, -0.25) is 9.69 Å². The third-order valence-electron chi connectivity index (χ3n) is 6.39. The summed E-state index contributed by atoms with van der Waals surface area (Å²) in [6.45, 7) is 10.2. The lowest BCUT2D eigenvalue weighted by Gasteiger charge is -2.34. The Labute approximate surface area is 202 Å². The number of morpholine rings is 1. The smallest absolute Gasteiger partial charge is 0.219 e. The molecule has 11 heteroatoms. The molecule has 2 N–H and O–H groups in total. The Morgan fingerprint density at radius 1 is 1.18 bits per heavy atom. The molecular formula is C23H30N8O2S. The molecule has 3 aromatic heterocycles. The highest BCUT2D eigenvalue weighted by atomic mass is 32.1. The molecule has 0 saturated carbocycles. The first-order valence-electron chi connectivity index (χ1n) is 11.7. The number of amides is 1. The van der Waals surface area contributed by atoms with Crippen molar-refractivity contribution >= 4 is 39.2 Å². The number of nitrogens with zero attached hydrogens (tertiary/aromatic N) is 7. The highest BCUT2D eigenvalue weighted by Gasteiger charge is 2.25. The predicted molar refractivity (Wildman–Crippen MR) is 133 cm³/mol. The summed E-state index contributed by atoms with van der Waals surface area (Å²) in [5.74, 6) is 1.91. The largest absolute Gasteiger partial charge is 0.377 e. The molecule has 1 amide bonds. The zero-order valence-electron chi connectivity index (χ0n) is 19.6. The number of hydrogen-bond donors (Lipinski definition) is 1. The van der Waals surface area contributed by atoms with Crippen LogP contribution in [0.25, 0.3) is 21.6 Å². The third kappa shape index (κ3) is 4.82. The summed E-state index contributed by atoms with van der Waals surface area (Å²) in [6, 6.07) is 2.39. The molecule has 0 aliphatic carbocycles. The van der Waals surface area contributed by atoms with Crippen molar-refractivity contribution in [1.82, 2.24) is 29.7 Å². The van der Waals surface area contributed by atoms with Gasteiger partial charge >= 0.3 is 0 Å². The summed E-state index contributed by atoms with van der Waals surface area (Å²) in [6.07, 6.45) is 4.32. The van der Waals surface area contributed by atoms with Crippen LogP contribution in [-0.2, 0) is 16.1 Å². The van der Waals surface area contributed by atoms with Gasteiger partial charge in [0.2, 0.25) is 11.9 Å². The first-order chi connectivity index (χ1) is 16.5. The molecule has 5 rings (SSSR count). The van der Waals surface area contributed by atoms with E-state index < -0.39 is 0 Å². The van der Waals surface area contributed by atoms with Gasteiger partial charge in [0.05, 0.1) is 35.0 Å². The van der Waals surface area contributed by atoms with Gasteiger partial charge in [-0.15, -0.1) is 11.3 Å². The van der Waals surface area contributed by atoms with Gasteiger partial charge in [0.15, 0.2) is 11.6 Å². The molecule has 3 aromatic rings. The zero-order chi connectivity index (χ0) is 23.7. The fourth-order valence-electron chi connectivity index (χ4n) is 4.53. The molecule has 0 bridgehead atoms. The summed E-state index contributed by atoms with van der Waals surface area (Å²) >= 11 is 1.75. The summed E-state index contributed by atoms with van der Waals surface area (Å²) in [4.78, 5) is 37.8. The molecule has 180 valence electrons. The molecule has 1 unspecified atom stereocenters. The van der Waals surface area contributed by atoms with Gasteiger partial charge in [-0.25, -0.2) is 19.9 Å². The Morgan fingerprint density at radius 2 is 2.00 bits per heavy atom. The van der Waals surface area contributed by atoms with Crippen LogP contribution in [0.3, 0.4) is 0 Å².